The highest BCUT2D eigenvalue weighted by molar-refractivity contribution is 5.51. The predicted octanol–water partition coefficient (Wildman–Crippen LogP) is 0.780. The molecule has 1 aromatic heterocycles. The number of aryl methyl sites for hydroxylation is 1. The molecule has 2 N–H and O–H groups in total. The van der Waals surface area contributed by atoms with E-state index in [9.17, 15) is 0 Å². The van der Waals surface area contributed by atoms with Crippen LogP contribution in [0, 0.1) is 6.92 Å². The Balaban J connectivity index is 2.22. The highest BCUT2D eigenvalue weighted by Gasteiger charge is 2.15. The largest absolute Gasteiger partial charge is 0.358 e. The maximum absolute atomic E-state index is 5.57. The van der Waals surface area contributed by atoms with Gasteiger partial charge in [-0.2, -0.15) is 0 Å². The van der Waals surface area contributed by atoms with E-state index in [-0.39, 0.29) is 0 Å². The lowest BCUT2D eigenvalue weighted by Gasteiger charge is -2.21. The molecule has 0 radical (unpaired) electrons. The molecule has 0 spiro atoms. The topological polar surface area (TPSA) is 58.3 Å². The van der Waals surface area contributed by atoms with Gasteiger partial charge >= 0.3 is 0 Å². The summed E-state index contributed by atoms with van der Waals surface area (Å²) in [6, 6.07) is 2.06. The Labute approximate surface area is 103 Å². The zero-order chi connectivity index (χ0) is 12.3. The zero-order valence-corrected chi connectivity index (χ0v) is 10.7. The summed E-state index contributed by atoms with van der Waals surface area (Å²) in [5.41, 5.74) is 5.57. The van der Waals surface area contributed by atoms with Gasteiger partial charge in [0.15, 0.2) is 0 Å². The van der Waals surface area contributed by atoms with Gasteiger partial charge < -0.3 is 15.5 Å². The van der Waals surface area contributed by atoms with Crippen LogP contribution in [0.3, 0.4) is 0 Å². The molecule has 0 saturated carbocycles. The molecule has 0 atom stereocenters. The van der Waals surface area contributed by atoms with Crippen LogP contribution in [-0.4, -0.2) is 43.2 Å². The summed E-state index contributed by atoms with van der Waals surface area (Å²) < 4.78 is 0. The Hall–Kier alpha value is -1.36. The maximum Gasteiger partial charge on any atom is 0.134 e. The zero-order valence-electron chi connectivity index (χ0n) is 10.7. The van der Waals surface area contributed by atoms with Gasteiger partial charge in [0.2, 0.25) is 0 Å². The van der Waals surface area contributed by atoms with Crippen molar-refractivity contribution < 1.29 is 0 Å². The van der Waals surface area contributed by atoms with Crippen LogP contribution >= 0.6 is 0 Å². The Morgan fingerprint density at radius 2 is 2.06 bits per heavy atom. The summed E-state index contributed by atoms with van der Waals surface area (Å²) in [5, 5.41) is 0. The van der Waals surface area contributed by atoms with Crippen molar-refractivity contribution in [2.24, 2.45) is 5.73 Å². The standard InChI is InChI=1S/C12H21N5/c1-10-14-11(16(2)8-5-13)9-12(15-10)17-6-3-4-7-17/h9H,3-8,13H2,1-2H3. The van der Waals surface area contributed by atoms with E-state index in [1.54, 1.807) is 0 Å². The number of nitrogens with zero attached hydrogens (tertiary/aromatic N) is 4. The Morgan fingerprint density at radius 3 is 2.71 bits per heavy atom. The minimum absolute atomic E-state index is 0.637. The van der Waals surface area contributed by atoms with Gasteiger partial charge in [-0.05, 0) is 19.8 Å². The second-order valence-electron chi connectivity index (χ2n) is 4.54. The van der Waals surface area contributed by atoms with Crippen LogP contribution in [0.4, 0.5) is 11.6 Å². The number of hydrogen-bond donors (Lipinski definition) is 1. The van der Waals surface area contributed by atoms with E-state index in [1.165, 1.54) is 12.8 Å². The van der Waals surface area contributed by atoms with E-state index in [0.29, 0.717) is 6.54 Å². The lowest BCUT2D eigenvalue weighted by atomic mass is 10.4. The second-order valence-corrected chi connectivity index (χ2v) is 4.54. The van der Waals surface area contributed by atoms with E-state index >= 15 is 0 Å². The Kier molecular flexibility index (Phi) is 3.78. The second kappa shape index (κ2) is 5.31. The smallest absolute Gasteiger partial charge is 0.134 e. The van der Waals surface area contributed by atoms with Crippen LogP contribution < -0.4 is 15.5 Å². The maximum atomic E-state index is 5.57. The molecule has 5 heteroatoms. The lowest BCUT2D eigenvalue weighted by molar-refractivity contribution is 0.845. The third kappa shape index (κ3) is 2.85. The van der Waals surface area contributed by atoms with Crippen molar-refractivity contribution in [3.63, 3.8) is 0 Å². The molecule has 0 amide bonds. The van der Waals surface area contributed by atoms with Crippen LogP contribution in [0.2, 0.25) is 0 Å². The van der Waals surface area contributed by atoms with Gasteiger partial charge in [0.05, 0.1) is 0 Å². The van der Waals surface area contributed by atoms with Gasteiger partial charge in [-0.25, -0.2) is 9.97 Å². The lowest BCUT2D eigenvalue weighted by Crippen LogP contribution is -2.27. The van der Waals surface area contributed by atoms with Crippen molar-refractivity contribution >= 4 is 11.6 Å². The summed E-state index contributed by atoms with van der Waals surface area (Å²) in [6.45, 7) is 5.61. The molecule has 0 bridgehead atoms. The summed E-state index contributed by atoms with van der Waals surface area (Å²) in [4.78, 5) is 13.4. The molecule has 1 aliphatic heterocycles. The number of hydrogen-bond acceptors (Lipinski definition) is 5. The van der Waals surface area contributed by atoms with E-state index in [0.717, 1.165) is 37.1 Å². The molecule has 17 heavy (non-hydrogen) atoms. The van der Waals surface area contributed by atoms with Gasteiger partial charge in [-0.1, -0.05) is 0 Å². The van der Waals surface area contributed by atoms with Gasteiger partial charge in [0.25, 0.3) is 0 Å². The van der Waals surface area contributed by atoms with E-state index in [4.69, 9.17) is 5.73 Å². The number of rotatable bonds is 4. The molecule has 0 unspecified atom stereocenters. The fourth-order valence-electron chi connectivity index (χ4n) is 2.15. The molecule has 2 heterocycles. The molecule has 1 aliphatic rings. The van der Waals surface area contributed by atoms with Crippen LogP contribution in [0.5, 0.6) is 0 Å². The van der Waals surface area contributed by atoms with Crippen molar-refractivity contribution in [3.05, 3.63) is 11.9 Å². The number of aromatic nitrogens is 2. The average Bonchev–Trinajstić information content (AvgIpc) is 2.82. The predicted molar refractivity (Wildman–Crippen MR) is 70.5 cm³/mol. The minimum Gasteiger partial charge on any atom is -0.358 e. The van der Waals surface area contributed by atoms with Crippen LogP contribution in [0.25, 0.3) is 0 Å². The monoisotopic (exact) mass is 235 g/mol. The first-order valence-electron chi connectivity index (χ1n) is 6.22. The molecule has 0 aromatic carbocycles. The third-order valence-corrected chi connectivity index (χ3v) is 3.10. The molecule has 1 saturated heterocycles. The highest BCUT2D eigenvalue weighted by atomic mass is 15.2. The first-order valence-corrected chi connectivity index (χ1v) is 6.22. The summed E-state index contributed by atoms with van der Waals surface area (Å²) in [5.74, 6) is 2.84. The first kappa shape index (κ1) is 12.1. The van der Waals surface area contributed by atoms with Crippen molar-refractivity contribution in [1.82, 2.24) is 9.97 Å². The molecule has 1 aromatic rings. The van der Waals surface area contributed by atoms with Crippen molar-refractivity contribution in [3.8, 4) is 0 Å². The number of likely N-dealkylation sites (N-methyl/N-ethyl adjacent to an activating group) is 1. The molecule has 0 aliphatic carbocycles. The van der Waals surface area contributed by atoms with Crippen LogP contribution in [0.1, 0.15) is 18.7 Å². The highest BCUT2D eigenvalue weighted by Crippen LogP contribution is 2.21. The SMILES string of the molecule is Cc1nc(N(C)CCN)cc(N2CCCC2)n1. The molecular weight excluding hydrogens is 214 g/mol. The fourth-order valence-corrected chi connectivity index (χ4v) is 2.15. The van der Waals surface area contributed by atoms with Crippen molar-refractivity contribution in [2.75, 3.05) is 43.0 Å². The molecule has 5 nitrogen and oxygen atoms in total. The summed E-state index contributed by atoms with van der Waals surface area (Å²) in [7, 11) is 2.02. The average molecular weight is 235 g/mol. The Morgan fingerprint density at radius 1 is 1.35 bits per heavy atom. The van der Waals surface area contributed by atoms with Gasteiger partial charge in [-0.3, -0.25) is 0 Å². The van der Waals surface area contributed by atoms with Crippen molar-refractivity contribution in [1.29, 1.82) is 0 Å². The van der Waals surface area contributed by atoms with Gasteiger partial charge in [0, 0.05) is 39.3 Å². The fraction of sp³-hybridized carbons (Fsp3) is 0.667. The van der Waals surface area contributed by atoms with Gasteiger partial charge in [-0.15, -0.1) is 0 Å². The first-order chi connectivity index (χ1) is 8.20. The molecule has 1 fully saturated rings. The van der Waals surface area contributed by atoms with E-state index in [2.05, 4.69) is 25.8 Å². The third-order valence-electron chi connectivity index (χ3n) is 3.10. The van der Waals surface area contributed by atoms with Gasteiger partial charge in [0.1, 0.15) is 17.5 Å². The van der Waals surface area contributed by atoms with Crippen LogP contribution in [-0.2, 0) is 0 Å². The molecular formula is C12H21N5. The normalized spacial score (nSPS) is 15.4. The molecule has 2 rings (SSSR count). The van der Waals surface area contributed by atoms with E-state index in [1.807, 2.05) is 14.0 Å². The summed E-state index contributed by atoms with van der Waals surface area (Å²) in [6.07, 6.45) is 2.52. The Bertz CT molecular complexity index is 373. The number of anilines is 2. The van der Waals surface area contributed by atoms with Crippen LogP contribution in [0.15, 0.2) is 6.07 Å². The van der Waals surface area contributed by atoms with Crippen molar-refractivity contribution in [2.45, 2.75) is 19.8 Å². The van der Waals surface area contributed by atoms with E-state index < -0.39 is 0 Å². The summed E-state index contributed by atoms with van der Waals surface area (Å²) >= 11 is 0. The molecule has 94 valence electrons. The number of nitrogens with two attached hydrogens (primary N) is 1. The minimum atomic E-state index is 0.637. The quantitative estimate of drug-likeness (QED) is 0.835.